The van der Waals surface area contributed by atoms with Crippen LogP contribution in [0.5, 0.6) is 0 Å². The van der Waals surface area contributed by atoms with Crippen molar-refractivity contribution in [2.75, 3.05) is 13.0 Å². The number of aromatic nitrogens is 2. The second kappa shape index (κ2) is 6.27. The van der Waals surface area contributed by atoms with Gasteiger partial charge in [0.05, 0.1) is 18.1 Å². The standard InChI is InChI=1S/C15H19ClN2O2/c1-10(2)14(15(19)20-3)18-12-7-5-4-6-11(12)17-13(18)8-9-16/h4-7,10,14H,8-9H2,1-3H3. The molecule has 0 bridgehead atoms. The highest BCUT2D eigenvalue weighted by molar-refractivity contribution is 6.17. The molecule has 0 saturated heterocycles. The first kappa shape index (κ1) is 14.9. The number of fused-ring (bicyclic) bond motifs is 1. The number of carbonyl (C=O) groups excluding carboxylic acids is 1. The van der Waals surface area contributed by atoms with Gasteiger partial charge in [-0.25, -0.2) is 9.78 Å². The summed E-state index contributed by atoms with van der Waals surface area (Å²) in [4.78, 5) is 16.7. The fourth-order valence-electron chi connectivity index (χ4n) is 2.46. The maximum Gasteiger partial charge on any atom is 0.329 e. The molecule has 0 aliphatic heterocycles. The quantitative estimate of drug-likeness (QED) is 0.628. The Labute approximate surface area is 123 Å². The Balaban J connectivity index is 2.64. The maximum atomic E-state index is 12.1. The Morgan fingerprint density at radius 3 is 2.70 bits per heavy atom. The van der Waals surface area contributed by atoms with Crippen molar-refractivity contribution in [2.24, 2.45) is 5.92 Å². The molecule has 1 unspecified atom stereocenters. The number of hydrogen-bond acceptors (Lipinski definition) is 3. The minimum absolute atomic E-state index is 0.106. The van der Waals surface area contributed by atoms with Crippen molar-refractivity contribution in [1.82, 2.24) is 9.55 Å². The number of methoxy groups -OCH3 is 1. The van der Waals surface area contributed by atoms with Gasteiger partial charge in [-0.05, 0) is 18.1 Å². The number of rotatable bonds is 5. The van der Waals surface area contributed by atoms with E-state index in [4.69, 9.17) is 16.3 Å². The summed E-state index contributed by atoms with van der Waals surface area (Å²) in [5, 5.41) is 0. The summed E-state index contributed by atoms with van der Waals surface area (Å²) in [5.74, 6) is 1.15. The van der Waals surface area contributed by atoms with E-state index >= 15 is 0 Å². The molecule has 4 nitrogen and oxygen atoms in total. The van der Waals surface area contributed by atoms with E-state index in [0.29, 0.717) is 12.3 Å². The summed E-state index contributed by atoms with van der Waals surface area (Å²) >= 11 is 5.86. The summed E-state index contributed by atoms with van der Waals surface area (Å²) in [6, 6.07) is 7.41. The Morgan fingerprint density at radius 1 is 1.40 bits per heavy atom. The average molecular weight is 295 g/mol. The second-order valence-electron chi connectivity index (χ2n) is 5.04. The number of carbonyl (C=O) groups is 1. The van der Waals surface area contributed by atoms with E-state index in [1.807, 2.05) is 42.7 Å². The number of alkyl halides is 1. The van der Waals surface area contributed by atoms with Gasteiger partial charge >= 0.3 is 5.97 Å². The van der Waals surface area contributed by atoms with Crippen molar-refractivity contribution in [3.05, 3.63) is 30.1 Å². The minimum atomic E-state index is -0.384. The lowest BCUT2D eigenvalue weighted by Gasteiger charge is -2.22. The number of hydrogen-bond donors (Lipinski definition) is 0. The first-order valence-corrected chi connectivity index (χ1v) is 7.23. The van der Waals surface area contributed by atoms with Crippen molar-refractivity contribution in [1.29, 1.82) is 0 Å². The molecule has 0 fully saturated rings. The molecule has 1 aromatic heterocycles. The number of para-hydroxylation sites is 2. The molecule has 0 saturated carbocycles. The maximum absolute atomic E-state index is 12.1. The molecule has 1 aromatic carbocycles. The third kappa shape index (κ3) is 2.66. The highest BCUT2D eigenvalue weighted by Crippen LogP contribution is 2.27. The van der Waals surface area contributed by atoms with Gasteiger partial charge in [-0.15, -0.1) is 11.6 Å². The van der Waals surface area contributed by atoms with Crippen LogP contribution in [0.3, 0.4) is 0 Å². The van der Waals surface area contributed by atoms with Crippen LogP contribution in [0.4, 0.5) is 0 Å². The monoisotopic (exact) mass is 294 g/mol. The smallest absolute Gasteiger partial charge is 0.329 e. The molecular formula is C15H19ClN2O2. The van der Waals surface area contributed by atoms with Gasteiger partial charge < -0.3 is 9.30 Å². The van der Waals surface area contributed by atoms with Crippen LogP contribution < -0.4 is 0 Å². The lowest BCUT2D eigenvalue weighted by molar-refractivity contribution is -0.145. The molecule has 2 aromatic rings. The number of aryl methyl sites for hydroxylation is 1. The number of imidazole rings is 1. The lowest BCUT2D eigenvalue weighted by atomic mass is 10.0. The lowest BCUT2D eigenvalue weighted by Crippen LogP contribution is -2.27. The molecule has 0 aliphatic carbocycles. The van der Waals surface area contributed by atoms with Crippen LogP contribution in [0.1, 0.15) is 25.7 Å². The third-order valence-electron chi connectivity index (χ3n) is 3.34. The first-order chi connectivity index (χ1) is 9.60. The zero-order chi connectivity index (χ0) is 14.7. The largest absolute Gasteiger partial charge is 0.467 e. The van der Waals surface area contributed by atoms with Crippen molar-refractivity contribution >= 4 is 28.6 Å². The van der Waals surface area contributed by atoms with E-state index in [-0.39, 0.29) is 17.9 Å². The predicted molar refractivity (Wildman–Crippen MR) is 80.0 cm³/mol. The van der Waals surface area contributed by atoms with Gasteiger partial charge in [0, 0.05) is 12.3 Å². The predicted octanol–water partition coefficient (Wildman–Crippen LogP) is 3.19. The molecular weight excluding hydrogens is 276 g/mol. The topological polar surface area (TPSA) is 44.1 Å². The number of esters is 1. The molecule has 0 aliphatic rings. The van der Waals surface area contributed by atoms with E-state index in [0.717, 1.165) is 16.9 Å². The molecule has 1 heterocycles. The molecule has 0 radical (unpaired) electrons. The number of halogens is 1. The SMILES string of the molecule is COC(=O)C(C(C)C)n1c(CCCl)nc2ccccc21. The van der Waals surface area contributed by atoms with Gasteiger partial charge in [0.25, 0.3) is 0 Å². The minimum Gasteiger partial charge on any atom is -0.467 e. The number of benzene rings is 1. The van der Waals surface area contributed by atoms with Gasteiger partial charge in [0.1, 0.15) is 11.9 Å². The Morgan fingerprint density at radius 2 is 2.10 bits per heavy atom. The Bertz CT molecular complexity index is 607. The Kier molecular flexibility index (Phi) is 4.65. The zero-order valence-electron chi connectivity index (χ0n) is 12.0. The van der Waals surface area contributed by atoms with Crippen LogP contribution in [0.2, 0.25) is 0 Å². The fraction of sp³-hybridized carbons (Fsp3) is 0.467. The van der Waals surface area contributed by atoms with E-state index in [9.17, 15) is 4.79 Å². The van der Waals surface area contributed by atoms with Crippen molar-refractivity contribution in [3.8, 4) is 0 Å². The van der Waals surface area contributed by atoms with Crippen LogP contribution in [0.15, 0.2) is 24.3 Å². The van der Waals surface area contributed by atoms with E-state index < -0.39 is 0 Å². The highest BCUT2D eigenvalue weighted by atomic mass is 35.5. The van der Waals surface area contributed by atoms with E-state index in [1.54, 1.807) is 0 Å². The summed E-state index contributed by atoms with van der Waals surface area (Å²) in [7, 11) is 1.41. The molecule has 0 spiro atoms. The van der Waals surface area contributed by atoms with E-state index in [1.165, 1.54) is 7.11 Å². The van der Waals surface area contributed by atoms with Crippen molar-refractivity contribution in [3.63, 3.8) is 0 Å². The molecule has 5 heteroatoms. The molecule has 0 amide bonds. The van der Waals surface area contributed by atoms with Gasteiger partial charge in [-0.1, -0.05) is 26.0 Å². The molecule has 1 atom stereocenters. The van der Waals surface area contributed by atoms with Gasteiger partial charge in [0.15, 0.2) is 0 Å². The molecule has 20 heavy (non-hydrogen) atoms. The number of ether oxygens (including phenoxy) is 1. The second-order valence-corrected chi connectivity index (χ2v) is 5.42. The van der Waals surface area contributed by atoms with E-state index in [2.05, 4.69) is 4.98 Å². The molecule has 2 rings (SSSR count). The summed E-state index contributed by atoms with van der Waals surface area (Å²) < 4.78 is 6.93. The molecule has 0 N–H and O–H groups in total. The summed E-state index contributed by atoms with van der Waals surface area (Å²) in [6.07, 6.45) is 0.621. The first-order valence-electron chi connectivity index (χ1n) is 6.69. The van der Waals surface area contributed by atoms with Crippen LogP contribution in [-0.4, -0.2) is 28.5 Å². The normalized spacial score (nSPS) is 12.8. The van der Waals surface area contributed by atoms with Crippen LogP contribution in [-0.2, 0) is 16.0 Å². The highest BCUT2D eigenvalue weighted by Gasteiger charge is 2.28. The van der Waals surface area contributed by atoms with Gasteiger partial charge in [0.2, 0.25) is 0 Å². The van der Waals surface area contributed by atoms with Crippen molar-refractivity contribution < 1.29 is 9.53 Å². The zero-order valence-corrected chi connectivity index (χ0v) is 12.7. The van der Waals surface area contributed by atoms with Crippen LogP contribution in [0, 0.1) is 5.92 Å². The van der Waals surface area contributed by atoms with Crippen LogP contribution in [0.25, 0.3) is 11.0 Å². The van der Waals surface area contributed by atoms with Gasteiger partial charge in [-0.2, -0.15) is 0 Å². The van der Waals surface area contributed by atoms with Crippen molar-refractivity contribution in [2.45, 2.75) is 26.3 Å². The summed E-state index contributed by atoms with van der Waals surface area (Å²) in [6.45, 7) is 4.00. The average Bonchev–Trinajstić information content (AvgIpc) is 2.77. The Hall–Kier alpha value is -1.55. The summed E-state index contributed by atoms with van der Waals surface area (Å²) in [5.41, 5.74) is 1.82. The number of nitrogens with zero attached hydrogens (tertiary/aromatic N) is 2. The third-order valence-corrected chi connectivity index (χ3v) is 3.53. The van der Waals surface area contributed by atoms with Gasteiger partial charge in [-0.3, -0.25) is 0 Å². The molecule has 108 valence electrons. The fourth-order valence-corrected chi connectivity index (χ4v) is 2.63. The van der Waals surface area contributed by atoms with Crippen LogP contribution >= 0.6 is 11.6 Å².